The van der Waals surface area contributed by atoms with Gasteiger partial charge in [-0.15, -0.1) is 0 Å². The summed E-state index contributed by atoms with van der Waals surface area (Å²) < 4.78 is 18.7. The van der Waals surface area contributed by atoms with Crippen LogP contribution in [-0.4, -0.2) is 19.4 Å². The maximum absolute atomic E-state index is 13.5. The molecule has 0 saturated heterocycles. The van der Waals surface area contributed by atoms with Crippen molar-refractivity contribution in [2.45, 2.75) is 6.42 Å². The Balaban J connectivity index is 3.15. The molecular formula is C10H11BrFNO2. The second kappa shape index (κ2) is 5.23. The number of ketones is 1. The number of hydrogen-bond acceptors (Lipinski definition) is 3. The average molecular weight is 276 g/mol. The summed E-state index contributed by atoms with van der Waals surface area (Å²) in [5, 5.41) is 0. The molecule has 0 aromatic heterocycles. The molecule has 82 valence electrons. The average Bonchev–Trinajstić information content (AvgIpc) is 2.22. The Morgan fingerprint density at radius 1 is 1.60 bits per heavy atom. The quantitative estimate of drug-likeness (QED) is 0.857. The summed E-state index contributed by atoms with van der Waals surface area (Å²) in [6.45, 7) is 0.201. The van der Waals surface area contributed by atoms with E-state index in [1.807, 2.05) is 0 Å². The molecule has 0 aliphatic rings. The zero-order valence-electron chi connectivity index (χ0n) is 8.22. The largest absolute Gasteiger partial charge is 0.497 e. The molecule has 0 bridgehead atoms. The number of nitrogens with two attached hydrogens (primary N) is 1. The molecule has 0 amide bonds. The molecule has 1 rings (SSSR count). The summed E-state index contributed by atoms with van der Waals surface area (Å²) in [5.41, 5.74) is 5.25. The van der Waals surface area contributed by atoms with Crippen molar-refractivity contribution in [1.82, 2.24) is 0 Å². The molecule has 15 heavy (non-hydrogen) atoms. The first-order chi connectivity index (χ1) is 7.10. The van der Waals surface area contributed by atoms with Gasteiger partial charge in [0, 0.05) is 6.42 Å². The molecule has 0 heterocycles. The van der Waals surface area contributed by atoms with Gasteiger partial charge in [0.05, 0.1) is 17.1 Å². The Morgan fingerprint density at radius 3 is 2.80 bits per heavy atom. The van der Waals surface area contributed by atoms with Crippen molar-refractivity contribution in [3.8, 4) is 5.75 Å². The van der Waals surface area contributed by atoms with Crippen LogP contribution in [0.25, 0.3) is 0 Å². The fraction of sp³-hybridized carbons (Fsp3) is 0.300. The van der Waals surface area contributed by atoms with E-state index < -0.39 is 5.82 Å². The number of Topliss-reactive ketones (excluding diaryl/α,β-unsaturated/α-hetero) is 1. The molecule has 0 aliphatic carbocycles. The molecule has 5 heteroatoms. The van der Waals surface area contributed by atoms with Gasteiger partial charge in [0.15, 0.2) is 5.78 Å². The van der Waals surface area contributed by atoms with Gasteiger partial charge in [-0.05, 0) is 34.6 Å². The topological polar surface area (TPSA) is 52.3 Å². The first-order valence-electron chi connectivity index (χ1n) is 4.36. The third-order valence-electron chi connectivity index (χ3n) is 1.91. The molecular weight excluding hydrogens is 265 g/mol. The predicted molar refractivity (Wildman–Crippen MR) is 58.7 cm³/mol. The Kier molecular flexibility index (Phi) is 4.23. The predicted octanol–water partition coefficient (Wildman–Crippen LogP) is 2.13. The molecule has 0 unspecified atom stereocenters. The molecule has 0 spiro atoms. The summed E-state index contributed by atoms with van der Waals surface area (Å²) in [6.07, 6.45) is 0.122. The monoisotopic (exact) mass is 275 g/mol. The highest BCUT2D eigenvalue weighted by Gasteiger charge is 2.15. The number of rotatable bonds is 4. The van der Waals surface area contributed by atoms with Crippen LogP contribution in [0.1, 0.15) is 16.8 Å². The molecule has 1 aromatic rings. The summed E-state index contributed by atoms with van der Waals surface area (Å²) >= 11 is 3.02. The van der Waals surface area contributed by atoms with Gasteiger partial charge >= 0.3 is 0 Å². The third kappa shape index (κ3) is 2.76. The van der Waals surface area contributed by atoms with Gasteiger partial charge in [0.25, 0.3) is 0 Å². The number of halogens is 2. The second-order valence-corrected chi connectivity index (χ2v) is 3.79. The number of methoxy groups -OCH3 is 1. The third-order valence-corrected chi connectivity index (χ3v) is 2.49. The zero-order chi connectivity index (χ0) is 11.4. The van der Waals surface area contributed by atoms with E-state index in [4.69, 9.17) is 10.5 Å². The first kappa shape index (κ1) is 12.1. The van der Waals surface area contributed by atoms with Crippen molar-refractivity contribution >= 4 is 21.7 Å². The van der Waals surface area contributed by atoms with Crippen LogP contribution < -0.4 is 10.5 Å². The summed E-state index contributed by atoms with van der Waals surface area (Å²) in [7, 11) is 1.46. The highest BCUT2D eigenvalue weighted by Crippen LogP contribution is 2.26. The normalized spacial score (nSPS) is 10.1. The van der Waals surface area contributed by atoms with Gasteiger partial charge in [-0.25, -0.2) is 4.39 Å². The van der Waals surface area contributed by atoms with Crippen molar-refractivity contribution in [3.05, 3.63) is 28.0 Å². The van der Waals surface area contributed by atoms with E-state index >= 15 is 0 Å². The highest BCUT2D eigenvalue weighted by atomic mass is 79.9. The SMILES string of the molecule is COc1cc(Br)c(F)c(C(=O)CCN)c1. The Morgan fingerprint density at radius 2 is 2.27 bits per heavy atom. The van der Waals surface area contributed by atoms with Gasteiger partial charge in [0.1, 0.15) is 11.6 Å². The lowest BCUT2D eigenvalue weighted by atomic mass is 10.1. The van der Waals surface area contributed by atoms with Crippen molar-refractivity contribution in [3.63, 3.8) is 0 Å². The Hall–Kier alpha value is -0.940. The van der Waals surface area contributed by atoms with Gasteiger partial charge in [0.2, 0.25) is 0 Å². The van der Waals surface area contributed by atoms with Crippen LogP contribution in [0.4, 0.5) is 4.39 Å². The van der Waals surface area contributed by atoms with Gasteiger partial charge in [-0.2, -0.15) is 0 Å². The summed E-state index contributed by atoms with van der Waals surface area (Å²) in [4.78, 5) is 11.5. The maximum atomic E-state index is 13.5. The van der Waals surface area contributed by atoms with E-state index in [1.165, 1.54) is 19.2 Å². The van der Waals surface area contributed by atoms with E-state index in [2.05, 4.69) is 15.9 Å². The van der Waals surface area contributed by atoms with E-state index in [0.29, 0.717) is 5.75 Å². The molecule has 3 nitrogen and oxygen atoms in total. The lowest BCUT2D eigenvalue weighted by molar-refractivity contribution is 0.0981. The Labute approximate surface area is 95.5 Å². The first-order valence-corrected chi connectivity index (χ1v) is 5.15. The van der Waals surface area contributed by atoms with Crippen LogP contribution in [0.15, 0.2) is 16.6 Å². The van der Waals surface area contributed by atoms with Crippen molar-refractivity contribution in [1.29, 1.82) is 0 Å². The van der Waals surface area contributed by atoms with Crippen LogP contribution in [0, 0.1) is 5.82 Å². The molecule has 0 aliphatic heterocycles. The highest BCUT2D eigenvalue weighted by molar-refractivity contribution is 9.10. The number of carbonyl (C=O) groups excluding carboxylic acids is 1. The lowest BCUT2D eigenvalue weighted by Gasteiger charge is -2.06. The molecule has 2 N–H and O–H groups in total. The van der Waals surface area contributed by atoms with Crippen molar-refractivity contribution in [2.75, 3.05) is 13.7 Å². The molecule has 0 atom stereocenters. The van der Waals surface area contributed by atoms with Gasteiger partial charge in [-0.1, -0.05) is 0 Å². The van der Waals surface area contributed by atoms with Gasteiger partial charge in [-0.3, -0.25) is 4.79 Å². The number of carbonyl (C=O) groups is 1. The van der Waals surface area contributed by atoms with E-state index in [0.717, 1.165) is 0 Å². The van der Waals surface area contributed by atoms with Crippen LogP contribution in [0.5, 0.6) is 5.75 Å². The minimum absolute atomic E-state index is 0.00618. The van der Waals surface area contributed by atoms with Crippen molar-refractivity contribution < 1.29 is 13.9 Å². The molecule has 0 saturated carbocycles. The number of ether oxygens (including phenoxy) is 1. The summed E-state index contributed by atoms with van der Waals surface area (Å²) in [5.74, 6) is -0.465. The van der Waals surface area contributed by atoms with Crippen LogP contribution in [0.3, 0.4) is 0 Å². The summed E-state index contributed by atoms with van der Waals surface area (Å²) in [6, 6.07) is 2.84. The fourth-order valence-electron chi connectivity index (χ4n) is 1.15. The molecule has 0 radical (unpaired) electrons. The molecule has 1 aromatic carbocycles. The standard InChI is InChI=1S/C10H11BrFNO2/c1-15-6-4-7(9(14)2-3-13)10(12)8(11)5-6/h4-5H,2-3,13H2,1H3. The Bertz CT molecular complexity index is 382. The minimum Gasteiger partial charge on any atom is -0.497 e. The van der Waals surface area contributed by atoms with Crippen LogP contribution in [-0.2, 0) is 0 Å². The van der Waals surface area contributed by atoms with Gasteiger partial charge < -0.3 is 10.5 Å². The van der Waals surface area contributed by atoms with E-state index in [-0.39, 0.29) is 28.8 Å². The fourth-order valence-corrected chi connectivity index (χ4v) is 1.59. The van der Waals surface area contributed by atoms with Crippen LogP contribution >= 0.6 is 15.9 Å². The second-order valence-electron chi connectivity index (χ2n) is 2.93. The smallest absolute Gasteiger partial charge is 0.167 e. The number of hydrogen-bond donors (Lipinski definition) is 1. The van der Waals surface area contributed by atoms with Crippen LogP contribution in [0.2, 0.25) is 0 Å². The van der Waals surface area contributed by atoms with Crippen molar-refractivity contribution in [2.24, 2.45) is 5.73 Å². The van der Waals surface area contributed by atoms with E-state index in [1.54, 1.807) is 0 Å². The molecule has 0 fully saturated rings. The minimum atomic E-state index is -0.575. The number of benzene rings is 1. The van der Waals surface area contributed by atoms with E-state index in [9.17, 15) is 9.18 Å². The zero-order valence-corrected chi connectivity index (χ0v) is 9.80. The maximum Gasteiger partial charge on any atom is 0.167 e. The lowest BCUT2D eigenvalue weighted by Crippen LogP contribution is -2.10.